The fraction of sp³-hybridized carbons (Fsp3) is 0.857. The SMILES string of the molecule is CCCCCCCC/C=C\CCCCCCCC(=O)OC(C)NC.[H-].[Na+]. The Labute approximate surface area is 180 Å². The Balaban J connectivity index is -0.00000264. The van der Waals surface area contributed by atoms with Crippen LogP contribution in [0, 0.1) is 0 Å². The molecule has 0 bridgehead atoms. The number of carbonyl (C=O) groups excluding carboxylic acids is 1. The molecule has 0 aromatic heterocycles. The van der Waals surface area contributed by atoms with E-state index in [0.29, 0.717) is 6.42 Å². The van der Waals surface area contributed by atoms with E-state index in [9.17, 15) is 4.79 Å². The van der Waals surface area contributed by atoms with Crippen molar-refractivity contribution in [2.45, 2.75) is 110 Å². The fourth-order valence-electron chi connectivity index (χ4n) is 2.66. The van der Waals surface area contributed by atoms with Gasteiger partial charge in [0.2, 0.25) is 0 Å². The van der Waals surface area contributed by atoms with Crippen molar-refractivity contribution in [3.8, 4) is 0 Å². The van der Waals surface area contributed by atoms with Gasteiger partial charge in [0.15, 0.2) is 0 Å². The van der Waals surface area contributed by atoms with Gasteiger partial charge in [-0.2, -0.15) is 0 Å². The largest absolute Gasteiger partial charge is 1.00 e. The standard InChI is InChI=1S/C21H41NO2.Na.H/c1-4-5-6-7-8-9-10-11-12-13-14-15-16-17-18-19-21(23)24-20(2)22-3;;/h11-12,20,22H,4-10,13-19H2,1-3H3;;/q;+1;-1/b12-11-;;. The van der Waals surface area contributed by atoms with Crippen molar-refractivity contribution in [3.63, 3.8) is 0 Å². The summed E-state index contributed by atoms with van der Waals surface area (Å²) in [7, 11) is 1.79. The van der Waals surface area contributed by atoms with Crippen LogP contribution < -0.4 is 34.9 Å². The van der Waals surface area contributed by atoms with Gasteiger partial charge in [-0.25, -0.2) is 0 Å². The first-order valence-corrected chi connectivity index (χ1v) is 10.2. The van der Waals surface area contributed by atoms with Gasteiger partial charge in [0.1, 0.15) is 6.23 Å². The third-order valence-electron chi connectivity index (χ3n) is 4.36. The van der Waals surface area contributed by atoms with Crippen LogP contribution in [-0.4, -0.2) is 19.2 Å². The van der Waals surface area contributed by atoms with Gasteiger partial charge in [-0.1, -0.05) is 70.4 Å². The Morgan fingerprint density at radius 3 is 1.92 bits per heavy atom. The number of hydrogen-bond donors (Lipinski definition) is 1. The van der Waals surface area contributed by atoms with E-state index in [2.05, 4.69) is 24.4 Å². The zero-order valence-electron chi connectivity index (χ0n) is 18.4. The minimum Gasteiger partial charge on any atom is -1.00 e. The second kappa shape index (κ2) is 22.2. The summed E-state index contributed by atoms with van der Waals surface area (Å²) >= 11 is 0. The molecule has 0 aromatic rings. The van der Waals surface area contributed by atoms with Crippen LogP contribution >= 0.6 is 0 Å². The summed E-state index contributed by atoms with van der Waals surface area (Å²) in [6.45, 7) is 4.11. The average molecular weight is 364 g/mol. The maximum atomic E-state index is 11.5. The summed E-state index contributed by atoms with van der Waals surface area (Å²) in [6.07, 6.45) is 21.7. The zero-order chi connectivity index (χ0) is 17.9. The molecule has 1 unspecified atom stereocenters. The van der Waals surface area contributed by atoms with Crippen molar-refractivity contribution in [1.29, 1.82) is 0 Å². The second-order valence-electron chi connectivity index (χ2n) is 6.76. The van der Waals surface area contributed by atoms with Crippen molar-refractivity contribution in [1.82, 2.24) is 5.32 Å². The molecular weight excluding hydrogens is 321 g/mol. The molecule has 0 heterocycles. The van der Waals surface area contributed by atoms with Crippen molar-refractivity contribution >= 4 is 5.97 Å². The van der Waals surface area contributed by atoms with Crippen LogP contribution in [0.3, 0.4) is 0 Å². The predicted molar refractivity (Wildman–Crippen MR) is 105 cm³/mol. The number of carbonyl (C=O) groups is 1. The van der Waals surface area contributed by atoms with E-state index in [4.69, 9.17) is 4.74 Å². The van der Waals surface area contributed by atoms with Gasteiger partial charge in [0.05, 0.1) is 0 Å². The van der Waals surface area contributed by atoms with Crippen LogP contribution in [0.1, 0.15) is 105 Å². The zero-order valence-corrected chi connectivity index (χ0v) is 19.4. The maximum absolute atomic E-state index is 11.5. The predicted octanol–water partition coefficient (Wildman–Crippen LogP) is 3.25. The van der Waals surface area contributed by atoms with Crippen LogP contribution in [-0.2, 0) is 9.53 Å². The number of allylic oxidation sites excluding steroid dienone is 2. The molecule has 1 atom stereocenters. The normalized spacial score (nSPS) is 12.1. The summed E-state index contributed by atoms with van der Waals surface area (Å²) in [4.78, 5) is 11.5. The molecule has 0 aliphatic rings. The molecular formula is C21H42NNaO2. The molecule has 0 spiro atoms. The van der Waals surface area contributed by atoms with Gasteiger partial charge < -0.3 is 6.16 Å². The van der Waals surface area contributed by atoms with Gasteiger partial charge in [-0.05, 0) is 46.1 Å². The van der Waals surface area contributed by atoms with E-state index in [0.717, 1.165) is 12.8 Å². The molecule has 0 radical (unpaired) electrons. The number of hydrogen-bond acceptors (Lipinski definition) is 3. The summed E-state index contributed by atoms with van der Waals surface area (Å²) in [5, 5.41) is 2.90. The first kappa shape index (κ1) is 27.4. The summed E-state index contributed by atoms with van der Waals surface area (Å²) in [5.41, 5.74) is 0. The van der Waals surface area contributed by atoms with Gasteiger partial charge in [0.25, 0.3) is 0 Å². The minimum absolute atomic E-state index is 0. The molecule has 4 heteroatoms. The molecule has 0 aliphatic heterocycles. The molecule has 0 aliphatic carbocycles. The fourth-order valence-corrected chi connectivity index (χ4v) is 2.66. The maximum Gasteiger partial charge on any atom is 1.00 e. The van der Waals surface area contributed by atoms with E-state index in [1.54, 1.807) is 7.05 Å². The van der Waals surface area contributed by atoms with E-state index in [1.165, 1.54) is 70.6 Å². The monoisotopic (exact) mass is 363 g/mol. The Morgan fingerprint density at radius 2 is 1.40 bits per heavy atom. The van der Waals surface area contributed by atoms with E-state index >= 15 is 0 Å². The van der Waals surface area contributed by atoms with Crippen LogP contribution in [0.15, 0.2) is 12.2 Å². The topological polar surface area (TPSA) is 38.3 Å². The molecule has 0 saturated heterocycles. The molecule has 0 aromatic carbocycles. The first-order chi connectivity index (χ1) is 11.7. The minimum atomic E-state index is -0.180. The quantitative estimate of drug-likeness (QED) is 0.142. The Kier molecular flexibility index (Phi) is 24.3. The molecule has 1 N–H and O–H groups in total. The average Bonchev–Trinajstić information content (AvgIpc) is 2.58. The van der Waals surface area contributed by atoms with Crippen LogP contribution in [0.5, 0.6) is 0 Å². The number of ether oxygens (including phenoxy) is 1. The van der Waals surface area contributed by atoms with Crippen LogP contribution in [0.4, 0.5) is 0 Å². The van der Waals surface area contributed by atoms with E-state index in [1.807, 2.05) is 6.92 Å². The van der Waals surface area contributed by atoms with Gasteiger partial charge in [0, 0.05) is 6.42 Å². The number of rotatable bonds is 17. The van der Waals surface area contributed by atoms with Crippen LogP contribution in [0.2, 0.25) is 0 Å². The molecule has 0 rings (SSSR count). The van der Waals surface area contributed by atoms with Crippen molar-refractivity contribution in [2.24, 2.45) is 0 Å². The Bertz CT molecular complexity index is 314. The van der Waals surface area contributed by atoms with E-state index in [-0.39, 0.29) is 43.2 Å². The molecule has 0 fully saturated rings. The molecule has 25 heavy (non-hydrogen) atoms. The van der Waals surface area contributed by atoms with Crippen molar-refractivity contribution < 1.29 is 40.5 Å². The summed E-state index contributed by atoms with van der Waals surface area (Å²) in [6, 6.07) is 0. The van der Waals surface area contributed by atoms with Crippen molar-refractivity contribution in [3.05, 3.63) is 12.2 Å². The van der Waals surface area contributed by atoms with Crippen molar-refractivity contribution in [2.75, 3.05) is 7.05 Å². The third kappa shape index (κ3) is 22.1. The van der Waals surface area contributed by atoms with Gasteiger partial charge >= 0.3 is 35.5 Å². The number of nitrogens with one attached hydrogen (secondary N) is 1. The smallest absolute Gasteiger partial charge is 1.00 e. The van der Waals surface area contributed by atoms with E-state index < -0.39 is 0 Å². The Hall–Kier alpha value is 0.170. The second-order valence-corrected chi connectivity index (χ2v) is 6.76. The molecule has 0 amide bonds. The van der Waals surface area contributed by atoms with Gasteiger partial charge in [-0.15, -0.1) is 0 Å². The first-order valence-electron chi connectivity index (χ1n) is 10.2. The molecule has 144 valence electrons. The molecule has 3 nitrogen and oxygen atoms in total. The summed E-state index contributed by atoms with van der Waals surface area (Å²) < 4.78 is 5.16. The Morgan fingerprint density at radius 1 is 0.920 bits per heavy atom. The summed E-state index contributed by atoms with van der Waals surface area (Å²) in [5.74, 6) is -0.0884. The third-order valence-corrected chi connectivity index (χ3v) is 4.36. The number of unbranched alkanes of at least 4 members (excludes halogenated alkanes) is 11. The van der Waals surface area contributed by atoms with Crippen LogP contribution in [0.25, 0.3) is 0 Å². The molecule has 0 saturated carbocycles. The number of esters is 1. The van der Waals surface area contributed by atoms with Gasteiger partial charge in [-0.3, -0.25) is 10.1 Å².